The Morgan fingerprint density at radius 2 is 1.43 bits per heavy atom. The van der Waals surface area contributed by atoms with Gasteiger partial charge >= 0.3 is 178 Å². The Hall–Kier alpha value is -0.960. The van der Waals surface area contributed by atoms with Crippen molar-refractivity contribution in [2.45, 2.75) is 69.9 Å². The van der Waals surface area contributed by atoms with Crippen molar-refractivity contribution in [3.63, 3.8) is 0 Å². The van der Waals surface area contributed by atoms with Crippen LogP contribution in [0, 0.1) is 10.5 Å². The van der Waals surface area contributed by atoms with Crippen molar-refractivity contribution in [1.82, 2.24) is 3.11 Å². The van der Waals surface area contributed by atoms with E-state index in [1.165, 1.54) is 0 Å². The zero-order valence-electron chi connectivity index (χ0n) is 17.3. The Morgan fingerprint density at radius 3 is 1.96 bits per heavy atom. The summed E-state index contributed by atoms with van der Waals surface area (Å²) in [6.07, 6.45) is 3.20. The minimum atomic E-state index is -3.85. The third-order valence-corrected chi connectivity index (χ3v) is 14.0. The van der Waals surface area contributed by atoms with E-state index in [4.69, 9.17) is 2.51 Å². The summed E-state index contributed by atoms with van der Waals surface area (Å²) in [6, 6.07) is 16.8. The van der Waals surface area contributed by atoms with E-state index in [1.54, 1.807) is 12.1 Å². The molecular formula is C22H30INO3S. The zero-order valence-corrected chi connectivity index (χ0v) is 20.2. The molecule has 0 bridgehead atoms. The first-order chi connectivity index (χ1) is 13.0. The number of halogens is 1. The average Bonchev–Trinajstić information content (AvgIpc) is 2.60. The minimum absolute atomic E-state index is 0.120. The molecule has 28 heavy (non-hydrogen) atoms. The first kappa shape index (κ1) is 21.7. The van der Waals surface area contributed by atoms with E-state index in [9.17, 15) is 8.42 Å². The molecule has 0 atom stereocenters. The molecule has 6 heteroatoms. The quantitative estimate of drug-likeness (QED) is 0.365. The molecule has 4 nitrogen and oxygen atoms in total. The first-order valence-electron chi connectivity index (χ1n) is 9.60. The van der Waals surface area contributed by atoms with Crippen LogP contribution in [0.15, 0.2) is 59.5 Å². The zero-order chi connectivity index (χ0) is 20.6. The molecule has 2 aromatic rings. The predicted molar refractivity (Wildman–Crippen MR) is 122 cm³/mol. The summed E-state index contributed by atoms with van der Waals surface area (Å²) in [5.74, 6) is 0. The van der Waals surface area contributed by atoms with Crippen molar-refractivity contribution in [3.05, 3.63) is 63.7 Å². The molecule has 1 heterocycles. The monoisotopic (exact) mass is 515 g/mol. The molecule has 0 aliphatic carbocycles. The van der Waals surface area contributed by atoms with Crippen molar-refractivity contribution in [2.75, 3.05) is 0 Å². The topological polar surface area (TPSA) is 46.6 Å². The Bertz CT molecular complexity index is 893. The van der Waals surface area contributed by atoms with Crippen molar-refractivity contribution in [1.29, 1.82) is 0 Å². The maximum atomic E-state index is 13.2. The molecule has 0 spiro atoms. The van der Waals surface area contributed by atoms with Crippen LogP contribution in [0.25, 0.3) is 0 Å². The summed E-state index contributed by atoms with van der Waals surface area (Å²) in [6.45, 7) is 10.8. The number of benzene rings is 2. The van der Waals surface area contributed by atoms with E-state index in [0.717, 1.165) is 28.4 Å². The first-order valence-corrected chi connectivity index (χ1v) is 13.9. The number of rotatable bonds is 5. The van der Waals surface area contributed by atoms with Gasteiger partial charge in [0.05, 0.1) is 0 Å². The second kappa shape index (κ2) is 8.05. The van der Waals surface area contributed by atoms with Gasteiger partial charge in [0.15, 0.2) is 0 Å². The van der Waals surface area contributed by atoms with Crippen LogP contribution in [0.2, 0.25) is 0 Å². The standard InChI is InChI=1S/C22H30INO3S/c1-18-12-14-20(15-13-18)28(25,26)27-23(19-10-7-6-8-11-19)24-21(2,3)16-9-17-22(24,4)5/h6-8,10-15H,9,16-17H2,1-5H3. The van der Waals surface area contributed by atoms with Gasteiger partial charge in [0.25, 0.3) is 0 Å². The molecule has 0 unspecified atom stereocenters. The molecule has 0 aromatic heterocycles. The Morgan fingerprint density at radius 1 is 0.893 bits per heavy atom. The van der Waals surface area contributed by atoms with E-state index < -0.39 is 30.6 Å². The van der Waals surface area contributed by atoms with E-state index in [0.29, 0.717) is 0 Å². The van der Waals surface area contributed by atoms with Crippen molar-refractivity contribution in [2.24, 2.45) is 0 Å². The fraction of sp³-hybridized carbons (Fsp3) is 0.455. The Kier molecular flexibility index (Phi) is 6.25. The molecule has 0 N–H and O–H groups in total. The number of hydrogen-bond donors (Lipinski definition) is 0. The molecule has 1 aliphatic rings. The van der Waals surface area contributed by atoms with Crippen LogP contribution in [-0.2, 0) is 12.6 Å². The summed E-state index contributed by atoms with van der Waals surface area (Å²) >= 11 is -2.72. The number of nitrogens with zero attached hydrogens (tertiary/aromatic N) is 1. The van der Waals surface area contributed by atoms with Gasteiger partial charge in [0.1, 0.15) is 0 Å². The molecular weight excluding hydrogens is 485 g/mol. The SMILES string of the molecule is Cc1ccc(S(=O)(=O)OI(c2ccccc2)N2C(C)(C)CCCC2(C)C)cc1. The van der Waals surface area contributed by atoms with Gasteiger partial charge in [0, 0.05) is 0 Å². The van der Waals surface area contributed by atoms with Crippen LogP contribution in [0.1, 0.15) is 52.5 Å². The second-order valence-corrected chi connectivity index (χ2v) is 14.7. The normalized spacial score (nSPS) is 20.0. The van der Waals surface area contributed by atoms with Crippen LogP contribution in [0.5, 0.6) is 0 Å². The molecule has 3 rings (SSSR count). The third kappa shape index (κ3) is 4.61. The second-order valence-electron chi connectivity index (χ2n) is 8.62. The van der Waals surface area contributed by atoms with Crippen LogP contribution in [0.4, 0.5) is 0 Å². The molecule has 1 saturated heterocycles. The Balaban J connectivity index is 2.06. The molecule has 0 radical (unpaired) electrons. The van der Waals surface area contributed by atoms with E-state index in [1.807, 2.05) is 49.4 Å². The van der Waals surface area contributed by atoms with E-state index in [2.05, 4.69) is 30.8 Å². The fourth-order valence-electron chi connectivity index (χ4n) is 3.89. The fourth-order valence-corrected chi connectivity index (χ4v) is 12.2. The average molecular weight is 515 g/mol. The number of piperidine rings is 1. The number of aryl methyl sites for hydroxylation is 1. The summed E-state index contributed by atoms with van der Waals surface area (Å²) in [5, 5.41) is 0. The molecule has 1 aliphatic heterocycles. The van der Waals surface area contributed by atoms with Gasteiger partial charge < -0.3 is 0 Å². The van der Waals surface area contributed by atoms with Crippen molar-refractivity contribution < 1.29 is 10.9 Å². The summed E-state index contributed by atoms with van der Waals surface area (Å²) in [4.78, 5) is 0.226. The summed E-state index contributed by atoms with van der Waals surface area (Å²) in [7, 11) is -3.85. The maximum absolute atomic E-state index is 13.2. The third-order valence-electron chi connectivity index (χ3n) is 5.17. The van der Waals surface area contributed by atoms with Gasteiger partial charge in [-0.15, -0.1) is 0 Å². The Labute approximate surface area is 177 Å². The predicted octanol–water partition coefficient (Wildman–Crippen LogP) is 5.95. The van der Waals surface area contributed by atoms with Gasteiger partial charge in [-0.2, -0.15) is 0 Å². The molecule has 154 valence electrons. The summed E-state index contributed by atoms with van der Waals surface area (Å²) in [5.41, 5.74) is 0.784. The van der Waals surface area contributed by atoms with Gasteiger partial charge in [0.2, 0.25) is 0 Å². The van der Waals surface area contributed by atoms with Crippen molar-refractivity contribution in [3.8, 4) is 0 Å². The van der Waals surface area contributed by atoms with E-state index >= 15 is 0 Å². The van der Waals surface area contributed by atoms with Gasteiger partial charge in [-0.05, 0) is 0 Å². The van der Waals surface area contributed by atoms with E-state index in [-0.39, 0.29) is 16.0 Å². The van der Waals surface area contributed by atoms with Crippen LogP contribution in [-0.4, -0.2) is 22.6 Å². The van der Waals surface area contributed by atoms with Gasteiger partial charge in [-0.1, -0.05) is 0 Å². The van der Waals surface area contributed by atoms with Crippen LogP contribution < -0.4 is 0 Å². The summed E-state index contributed by atoms with van der Waals surface area (Å²) < 4.78 is 35.9. The van der Waals surface area contributed by atoms with Crippen LogP contribution in [0.3, 0.4) is 0 Å². The molecule has 2 aromatic carbocycles. The van der Waals surface area contributed by atoms with Crippen LogP contribution >= 0.6 is 20.5 Å². The van der Waals surface area contributed by atoms with Gasteiger partial charge in [-0.3, -0.25) is 0 Å². The van der Waals surface area contributed by atoms with Crippen molar-refractivity contribution >= 4 is 30.6 Å². The van der Waals surface area contributed by atoms with Gasteiger partial charge in [-0.25, -0.2) is 0 Å². The molecule has 1 fully saturated rings. The molecule has 0 amide bonds. The molecule has 0 saturated carbocycles. The number of hydrogen-bond acceptors (Lipinski definition) is 4.